The third-order valence-corrected chi connectivity index (χ3v) is 2.71. The molecule has 14 heavy (non-hydrogen) atoms. The Bertz CT molecular complexity index is 128. The van der Waals surface area contributed by atoms with Gasteiger partial charge in [0.1, 0.15) is 0 Å². The van der Waals surface area contributed by atoms with E-state index in [1.165, 1.54) is 19.5 Å². The van der Waals surface area contributed by atoms with Crippen LogP contribution in [0, 0.1) is 0 Å². The van der Waals surface area contributed by atoms with Gasteiger partial charge >= 0.3 is 28.3 Å². The molecule has 0 aromatic heterocycles. The summed E-state index contributed by atoms with van der Waals surface area (Å²) >= 11 is 6.50. The Morgan fingerprint density at radius 1 is 0.929 bits per heavy atom. The van der Waals surface area contributed by atoms with Gasteiger partial charge in [-0.15, -0.1) is 0 Å². The van der Waals surface area contributed by atoms with Crippen LogP contribution in [0.15, 0.2) is 0 Å². The fourth-order valence-electron chi connectivity index (χ4n) is 1.69. The summed E-state index contributed by atoms with van der Waals surface area (Å²) in [6, 6.07) is 1.40. The van der Waals surface area contributed by atoms with Crippen LogP contribution in [0.1, 0.15) is 34.1 Å². The van der Waals surface area contributed by atoms with Crippen LogP contribution in [0.2, 0.25) is 0 Å². The van der Waals surface area contributed by atoms with Crippen LogP contribution in [-0.4, -0.2) is 41.6 Å². The summed E-state index contributed by atoms with van der Waals surface area (Å²) in [6.45, 7) is 12.8. The Labute approximate surface area is 104 Å². The molecular weight excluding hydrogens is 292 g/mol. The first kappa shape index (κ1) is 14.9. The van der Waals surface area contributed by atoms with Crippen LogP contribution in [0.4, 0.5) is 0 Å². The summed E-state index contributed by atoms with van der Waals surface area (Å²) < 4.78 is 0. The standard InChI is InChI=1S/C10H22N2.BrH.Cu/c1-9(2)11-6-5-7-12(8-11)10(3)4;;/h9-10H,5-8H2,1-4H3;1H;/q;;+1/p-1. The number of hydrogen-bond donors (Lipinski definition) is 0. The van der Waals surface area contributed by atoms with Gasteiger partial charge in [0.25, 0.3) is 0 Å². The zero-order valence-corrected chi connectivity index (χ0v) is 12.1. The molecule has 0 amide bonds. The molecule has 0 bridgehead atoms. The number of nitrogens with zero attached hydrogens (tertiary/aromatic N) is 2. The van der Waals surface area contributed by atoms with Crippen molar-refractivity contribution in [2.45, 2.75) is 46.2 Å². The molecule has 1 rings (SSSR count). The molecule has 0 saturated carbocycles. The molecule has 4 heteroatoms. The van der Waals surface area contributed by atoms with E-state index in [9.17, 15) is 0 Å². The predicted molar refractivity (Wildman–Crippen MR) is 62.1 cm³/mol. The van der Waals surface area contributed by atoms with E-state index in [-0.39, 0.29) is 0 Å². The van der Waals surface area contributed by atoms with Crippen molar-refractivity contribution in [3.8, 4) is 0 Å². The molecule has 1 saturated heterocycles. The van der Waals surface area contributed by atoms with Crippen LogP contribution < -0.4 is 0 Å². The minimum absolute atomic E-state index is 0.701. The van der Waals surface area contributed by atoms with Gasteiger partial charge < -0.3 is 0 Å². The Kier molecular flexibility index (Phi) is 8.65. The van der Waals surface area contributed by atoms with Crippen molar-refractivity contribution < 1.29 is 14.2 Å². The van der Waals surface area contributed by atoms with Gasteiger partial charge in [-0.1, -0.05) is 0 Å². The summed E-state index contributed by atoms with van der Waals surface area (Å²) in [6.07, 6.45) is 1.33. The summed E-state index contributed by atoms with van der Waals surface area (Å²) in [4.78, 5) is 5.09. The van der Waals surface area contributed by atoms with Gasteiger partial charge in [-0.3, -0.25) is 9.80 Å². The molecule has 1 aliphatic rings. The third kappa shape index (κ3) is 5.13. The average molecular weight is 314 g/mol. The number of hydrogen-bond acceptors (Lipinski definition) is 2. The fraction of sp³-hybridized carbons (Fsp3) is 1.00. The van der Waals surface area contributed by atoms with Gasteiger partial charge in [-0.25, -0.2) is 0 Å². The number of halogens is 1. The van der Waals surface area contributed by atoms with Gasteiger partial charge in [-0.2, -0.15) is 0 Å². The molecule has 0 aliphatic carbocycles. The molecule has 0 atom stereocenters. The van der Waals surface area contributed by atoms with E-state index in [0.717, 1.165) is 6.67 Å². The molecule has 1 aliphatic heterocycles. The van der Waals surface area contributed by atoms with Gasteiger partial charge in [0.2, 0.25) is 0 Å². The van der Waals surface area contributed by atoms with E-state index in [0.29, 0.717) is 12.1 Å². The van der Waals surface area contributed by atoms with E-state index < -0.39 is 0 Å². The summed E-state index contributed by atoms with van der Waals surface area (Å²) in [5, 5.41) is 0. The fourth-order valence-corrected chi connectivity index (χ4v) is 1.69. The normalized spacial score (nSPS) is 19.8. The molecule has 0 spiro atoms. The van der Waals surface area contributed by atoms with Crippen molar-refractivity contribution in [2.24, 2.45) is 0 Å². The summed E-state index contributed by atoms with van der Waals surface area (Å²) in [5.41, 5.74) is 0. The Morgan fingerprint density at radius 2 is 1.29 bits per heavy atom. The zero-order valence-electron chi connectivity index (χ0n) is 9.56. The van der Waals surface area contributed by atoms with Gasteiger partial charge in [-0.05, 0) is 34.1 Å². The molecule has 0 aromatic rings. The second-order valence-corrected chi connectivity index (χ2v) is 4.31. The monoisotopic (exact) mass is 312 g/mol. The summed E-state index contributed by atoms with van der Waals surface area (Å²) in [5.74, 6) is 0. The molecule has 90 valence electrons. The predicted octanol–water partition coefficient (Wildman–Crippen LogP) is 2.61. The van der Waals surface area contributed by atoms with Gasteiger partial charge in [0.15, 0.2) is 0 Å². The second-order valence-electron chi connectivity index (χ2n) is 4.31. The Morgan fingerprint density at radius 3 is 1.57 bits per heavy atom. The van der Waals surface area contributed by atoms with Gasteiger partial charge in [0.05, 0.1) is 6.67 Å². The first-order chi connectivity index (χ1) is 6.61. The van der Waals surface area contributed by atoms with Gasteiger partial charge in [0, 0.05) is 25.2 Å². The van der Waals surface area contributed by atoms with E-state index in [2.05, 4.69) is 65.8 Å². The Hall–Kier alpha value is 0.919. The maximum atomic E-state index is 4.00. The van der Waals surface area contributed by atoms with E-state index >= 15 is 0 Å². The van der Waals surface area contributed by atoms with Crippen molar-refractivity contribution in [3.05, 3.63) is 0 Å². The first-order valence-corrected chi connectivity index (χ1v) is 7.53. The van der Waals surface area contributed by atoms with Crippen molar-refractivity contribution in [2.75, 3.05) is 19.8 Å². The zero-order chi connectivity index (χ0) is 11.1. The molecule has 0 unspecified atom stereocenters. The average Bonchev–Trinajstić information content (AvgIpc) is 2.21. The minimum atomic E-state index is 0.701. The Balaban J connectivity index is 0.000000791. The first-order valence-electron chi connectivity index (χ1n) is 5.20. The van der Waals surface area contributed by atoms with Crippen molar-refractivity contribution in [1.82, 2.24) is 9.80 Å². The molecule has 0 radical (unpaired) electrons. The molecule has 2 nitrogen and oxygen atoms in total. The van der Waals surface area contributed by atoms with Crippen LogP contribution in [-0.2, 0) is 14.2 Å². The quantitative estimate of drug-likeness (QED) is 0.723. The third-order valence-electron chi connectivity index (χ3n) is 2.71. The van der Waals surface area contributed by atoms with Crippen molar-refractivity contribution in [1.29, 1.82) is 0 Å². The van der Waals surface area contributed by atoms with Crippen LogP contribution >= 0.6 is 14.1 Å². The van der Waals surface area contributed by atoms with Crippen molar-refractivity contribution >= 4 is 14.1 Å². The molecule has 1 heterocycles. The molecular formula is C10H22BrCuN2. The second kappa shape index (κ2) is 8.12. The van der Waals surface area contributed by atoms with E-state index in [4.69, 9.17) is 0 Å². The van der Waals surface area contributed by atoms with Crippen LogP contribution in [0.3, 0.4) is 0 Å². The summed E-state index contributed by atoms with van der Waals surface area (Å²) in [7, 11) is 0. The number of rotatable bonds is 2. The van der Waals surface area contributed by atoms with Crippen LogP contribution in [0.25, 0.3) is 0 Å². The topological polar surface area (TPSA) is 6.48 Å². The molecule has 1 fully saturated rings. The maximum absolute atomic E-state index is 4.00. The molecule has 0 aromatic carbocycles. The van der Waals surface area contributed by atoms with E-state index in [1.807, 2.05) is 0 Å². The van der Waals surface area contributed by atoms with E-state index in [1.54, 1.807) is 0 Å². The SMILES string of the molecule is CC(C)N1CCCN(C(C)C)C1.[Cu][Br]. The molecule has 0 N–H and O–H groups in total. The van der Waals surface area contributed by atoms with Crippen LogP contribution in [0.5, 0.6) is 0 Å². The van der Waals surface area contributed by atoms with Crippen molar-refractivity contribution in [3.63, 3.8) is 0 Å².